The van der Waals surface area contributed by atoms with Crippen molar-refractivity contribution in [2.75, 3.05) is 26.2 Å². The fourth-order valence-electron chi connectivity index (χ4n) is 3.12. The van der Waals surface area contributed by atoms with Crippen molar-refractivity contribution < 1.29 is 27.0 Å². The van der Waals surface area contributed by atoms with Crippen LogP contribution in [0.4, 0.5) is 13.2 Å². The number of hydrogen-bond acceptors (Lipinski definition) is 5. The molecule has 192 valence electrons. The van der Waals surface area contributed by atoms with E-state index in [1.54, 1.807) is 24.5 Å². The van der Waals surface area contributed by atoms with Crippen LogP contribution in [-0.4, -0.2) is 57.5 Å². The Balaban J connectivity index is 0.00000137. The summed E-state index contributed by atoms with van der Waals surface area (Å²) in [7, 11) is -1.96. The molecule has 2 unspecified atom stereocenters. The van der Waals surface area contributed by atoms with Gasteiger partial charge in [-0.15, -0.1) is 0 Å². The van der Waals surface area contributed by atoms with E-state index in [9.17, 15) is 27.0 Å². The zero-order chi connectivity index (χ0) is 25.8. The first kappa shape index (κ1) is 28.4. The van der Waals surface area contributed by atoms with Gasteiger partial charge in [0.05, 0.1) is 23.3 Å². The van der Waals surface area contributed by atoms with Crippen molar-refractivity contribution in [3.63, 3.8) is 0 Å². The number of aromatic nitrogens is 1. The Bertz CT molecular complexity index is 990. The molecule has 1 fully saturated rings. The molecule has 12 heteroatoms. The molecule has 2 amide bonds. The molecule has 2 aromatic rings. The lowest BCUT2D eigenvalue weighted by molar-refractivity contribution is -0.128. The van der Waals surface area contributed by atoms with E-state index < -0.39 is 57.6 Å². The number of halogens is 3. The minimum Gasteiger partial charge on any atom is -0.350 e. The van der Waals surface area contributed by atoms with Crippen LogP contribution in [0.25, 0.3) is 0 Å². The van der Waals surface area contributed by atoms with Gasteiger partial charge in [-0.2, -0.15) is 0 Å². The van der Waals surface area contributed by atoms with Gasteiger partial charge in [0.1, 0.15) is 23.5 Å². The highest BCUT2D eigenvalue weighted by Gasteiger charge is 2.33. The van der Waals surface area contributed by atoms with Gasteiger partial charge in [0.25, 0.3) is 0 Å². The van der Waals surface area contributed by atoms with E-state index in [0.717, 1.165) is 5.56 Å². The standard InChI is InChI=1S/C20H22F3N5O3S.C3H8/c21-14-6-16(22)15(17(23)7-14)12-32(31)28-5-4-25-10-18(28)20(30)27-11-19(29)26-9-13-2-1-3-24-8-13;1-3-2/h1-3,6-8,18,25H,4-5,9-12H2,(H,26,29)(H,27,30);3H2,1-2H3. The van der Waals surface area contributed by atoms with Gasteiger partial charge in [-0.05, 0) is 11.6 Å². The molecule has 2 atom stereocenters. The number of amides is 2. The van der Waals surface area contributed by atoms with Gasteiger partial charge in [0, 0.05) is 56.3 Å². The molecule has 3 rings (SSSR count). The maximum Gasteiger partial charge on any atom is 0.240 e. The maximum absolute atomic E-state index is 13.9. The van der Waals surface area contributed by atoms with Crippen LogP contribution in [0.3, 0.4) is 0 Å². The molecule has 1 aromatic carbocycles. The highest BCUT2D eigenvalue weighted by atomic mass is 32.2. The molecule has 35 heavy (non-hydrogen) atoms. The van der Waals surface area contributed by atoms with Crippen LogP contribution < -0.4 is 16.0 Å². The lowest BCUT2D eigenvalue weighted by Crippen LogP contribution is -2.59. The molecule has 1 saturated heterocycles. The lowest BCUT2D eigenvalue weighted by Gasteiger charge is -2.33. The Morgan fingerprint density at radius 2 is 1.89 bits per heavy atom. The fraction of sp³-hybridized carbons (Fsp3) is 0.435. The van der Waals surface area contributed by atoms with E-state index in [2.05, 4.69) is 34.8 Å². The van der Waals surface area contributed by atoms with Crippen molar-refractivity contribution in [3.8, 4) is 0 Å². The number of nitrogens with one attached hydrogen (secondary N) is 3. The van der Waals surface area contributed by atoms with Crippen molar-refractivity contribution in [3.05, 3.63) is 65.2 Å². The molecule has 3 N–H and O–H groups in total. The highest BCUT2D eigenvalue weighted by molar-refractivity contribution is 7.81. The third kappa shape index (κ3) is 9.04. The molecule has 2 heterocycles. The summed E-state index contributed by atoms with van der Waals surface area (Å²) < 4.78 is 55.1. The first-order valence-electron chi connectivity index (χ1n) is 11.2. The zero-order valence-corrected chi connectivity index (χ0v) is 20.5. The average Bonchev–Trinajstić information content (AvgIpc) is 2.84. The summed E-state index contributed by atoms with van der Waals surface area (Å²) in [5.41, 5.74) is 0.280. The number of nitrogens with zero attached hydrogens (tertiary/aromatic N) is 2. The summed E-state index contributed by atoms with van der Waals surface area (Å²) in [6.07, 6.45) is 4.46. The van der Waals surface area contributed by atoms with E-state index >= 15 is 0 Å². The van der Waals surface area contributed by atoms with Crippen LogP contribution in [0.1, 0.15) is 31.4 Å². The normalized spacial score (nSPS) is 16.5. The third-order valence-electron chi connectivity index (χ3n) is 4.77. The van der Waals surface area contributed by atoms with Crippen LogP contribution >= 0.6 is 0 Å². The van der Waals surface area contributed by atoms with Crippen LogP contribution in [0.15, 0.2) is 36.7 Å². The van der Waals surface area contributed by atoms with Crippen molar-refractivity contribution in [1.29, 1.82) is 0 Å². The van der Waals surface area contributed by atoms with E-state index in [-0.39, 0.29) is 26.2 Å². The Morgan fingerprint density at radius 1 is 1.20 bits per heavy atom. The summed E-state index contributed by atoms with van der Waals surface area (Å²) in [5, 5.41) is 8.12. The van der Waals surface area contributed by atoms with E-state index in [0.29, 0.717) is 18.7 Å². The molecule has 0 saturated carbocycles. The smallest absolute Gasteiger partial charge is 0.240 e. The van der Waals surface area contributed by atoms with Gasteiger partial charge in [0.2, 0.25) is 11.8 Å². The maximum atomic E-state index is 13.9. The van der Waals surface area contributed by atoms with E-state index in [4.69, 9.17) is 0 Å². The molecule has 0 bridgehead atoms. The first-order chi connectivity index (χ1) is 16.8. The number of hydrogen-bond donors (Lipinski definition) is 3. The minimum absolute atomic E-state index is 0.142. The van der Waals surface area contributed by atoms with Crippen LogP contribution in [0, 0.1) is 17.5 Å². The molecular formula is C23H30F3N5O3S. The van der Waals surface area contributed by atoms with Crippen molar-refractivity contribution in [1.82, 2.24) is 25.2 Å². The minimum atomic E-state index is -1.96. The highest BCUT2D eigenvalue weighted by Crippen LogP contribution is 2.19. The summed E-state index contributed by atoms with van der Waals surface area (Å²) in [5.74, 6) is -4.88. The Morgan fingerprint density at radius 3 is 2.51 bits per heavy atom. The number of benzene rings is 1. The quantitative estimate of drug-likeness (QED) is 0.500. The predicted octanol–water partition coefficient (Wildman–Crippen LogP) is 1.79. The predicted molar refractivity (Wildman–Crippen MR) is 127 cm³/mol. The number of carbonyl (C=O) groups excluding carboxylic acids is 2. The summed E-state index contributed by atoms with van der Waals surface area (Å²) in [4.78, 5) is 28.6. The lowest BCUT2D eigenvalue weighted by atomic mass is 10.2. The monoisotopic (exact) mass is 513 g/mol. The van der Waals surface area contributed by atoms with Crippen molar-refractivity contribution >= 4 is 22.8 Å². The number of carbonyl (C=O) groups is 2. The average molecular weight is 514 g/mol. The van der Waals surface area contributed by atoms with Crippen molar-refractivity contribution in [2.45, 2.75) is 38.6 Å². The SMILES string of the molecule is CCC.O=C(CNC(=O)C1CNCCN1S(=O)Cc1c(F)cc(F)cc1F)NCc1cccnc1. The topological polar surface area (TPSA) is 103 Å². The molecule has 0 spiro atoms. The molecule has 1 aromatic heterocycles. The Labute approximate surface area is 205 Å². The molecule has 0 radical (unpaired) electrons. The fourth-order valence-corrected chi connectivity index (χ4v) is 4.56. The van der Waals surface area contributed by atoms with Crippen LogP contribution in [0.2, 0.25) is 0 Å². The Hall–Kier alpha value is -2.83. The van der Waals surface area contributed by atoms with Gasteiger partial charge in [0.15, 0.2) is 0 Å². The van der Waals surface area contributed by atoms with Crippen LogP contribution in [0.5, 0.6) is 0 Å². The summed E-state index contributed by atoms with van der Waals surface area (Å²) in [6, 6.07) is 3.64. The zero-order valence-electron chi connectivity index (χ0n) is 19.7. The van der Waals surface area contributed by atoms with Gasteiger partial charge >= 0.3 is 0 Å². The van der Waals surface area contributed by atoms with Crippen molar-refractivity contribution in [2.24, 2.45) is 0 Å². The second-order valence-corrected chi connectivity index (χ2v) is 9.14. The summed E-state index contributed by atoms with van der Waals surface area (Å²) >= 11 is 0. The van der Waals surface area contributed by atoms with Gasteiger partial charge in [-0.1, -0.05) is 26.3 Å². The van der Waals surface area contributed by atoms with E-state index in [1.165, 1.54) is 10.7 Å². The second-order valence-electron chi connectivity index (χ2n) is 7.74. The van der Waals surface area contributed by atoms with Crippen LogP contribution in [-0.2, 0) is 32.9 Å². The van der Waals surface area contributed by atoms with Gasteiger partial charge in [-0.3, -0.25) is 14.6 Å². The molecule has 0 aliphatic carbocycles. The Kier molecular flexibility index (Phi) is 11.8. The van der Waals surface area contributed by atoms with E-state index in [1.807, 2.05) is 0 Å². The molecule has 8 nitrogen and oxygen atoms in total. The summed E-state index contributed by atoms with van der Waals surface area (Å²) in [6.45, 7) is 4.94. The molecule has 1 aliphatic rings. The van der Waals surface area contributed by atoms with Gasteiger partial charge in [-0.25, -0.2) is 21.7 Å². The number of pyridine rings is 1. The number of piperazine rings is 1. The molecular weight excluding hydrogens is 483 g/mol. The number of rotatable bonds is 8. The largest absolute Gasteiger partial charge is 0.350 e. The van der Waals surface area contributed by atoms with Gasteiger partial charge < -0.3 is 16.0 Å². The molecule has 1 aliphatic heterocycles. The third-order valence-corrected chi connectivity index (χ3v) is 6.26. The second kappa shape index (κ2) is 14.5. The first-order valence-corrected chi connectivity index (χ1v) is 12.5.